The van der Waals surface area contributed by atoms with Crippen LogP contribution in [-0.2, 0) is 28.7 Å². The Kier molecular flexibility index (Phi) is 6.11. The molecule has 2 aromatic heterocycles. The van der Waals surface area contributed by atoms with Crippen LogP contribution in [0.1, 0.15) is 34.5 Å². The predicted molar refractivity (Wildman–Crippen MR) is 102 cm³/mol. The van der Waals surface area contributed by atoms with Gasteiger partial charge in [0.2, 0.25) is 5.16 Å². The Hall–Kier alpha value is -2.62. The van der Waals surface area contributed by atoms with Gasteiger partial charge in [0.15, 0.2) is 0 Å². The summed E-state index contributed by atoms with van der Waals surface area (Å²) in [5.74, 6) is 0.0742. The quantitative estimate of drug-likeness (QED) is 0.437. The van der Waals surface area contributed by atoms with Crippen LogP contribution in [0.3, 0.4) is 0 Å². The zero-order valence-electron chi connectivity index (χ0n) is 16.1. The molecule has 0 amide bonds. The Morgan fingerprint density at radius 2 is 1.86 bits per heavy atom. The van der Waals surface area contributed by atoms with Crippen molar-refractivity contribution in [3.63, 3.8) is 0 Å². The van der Waals surface area contributed by atoms with E-state index >= 15 is 0 Å². The number of aromatic nitrogens is 4. The molecule has 154 valence electrons. The fourth-order valence-electron chi connectivity index (χ4n) is 2.89. The van der Waals surface area contributed by atoms with Crippen LogP contribution in [0, 0.1) is 13.8 Å². The number of hydrogen-bond acceptors (Lipinski definition) is 6. The van der Waals surface area contributed by atoms with Gasteiger partial charge in [0.05, 0.1) is 5.56 Å². The van der Waals surface area contributed by atoms with Crippen molar-refractivity contribution in [1.29, 1.82) is 0 Å². The lowest BCUT2D eigenvalue weighted by Crippen LogP contribution is -2.10. The van der Waals surface area contributed by atoms with Crippen LogP contribution in [0.5, 0.6) is 0 Å². The lowest BCUT2D eigenvalue weighted by atomic mass is 10.1. The van der Waals surface area contributed by atoms with Gasteiger partial charge >= 0.3 is 12.1 Å². The molecule has 0 unspecified atom stereocenters. The molecule has 6 nitrogen and oxygen atoms in total. The first-order chi connectivity index (χ1) is 13.7. The van der Waals surface area contributed by atoms with E-state index in [0.717, 1.165) is 29.1 Å². The normalized spacial score (nSPS) is 11.8. The van der Waals surface area contributed by atoms with Gasteiger partial charge in [-0.15, -0.1) is 5.10 Å². The van der Waals surface area contributed by atoms with Gasteiger partial charge in [0.1, 0.15) is 6.61 Å². The fourth-order valence-corrected chi connectivity index (χ4v) is 3.23. The smallest absolute Gasteiger partial charge is 0.416 e. The highest BCUT2D eigenvalue weighted by molar-refractivity contribution is 7.98. The topological polar surface area (TPSA) is 69.4 Å². The predicted octanol–water partition coefficient (Wildman–Crippen LogP) is 4.16. The molecule has 10 heteroatoms. The largest absolute Gasteiger partial charge is 0.461 e. The summed E-state index contributed by atoms with van der Waals surface area (Å²) < 4.78 is 44.6. The number of carbonyl (C=O) groups excluding carboxylic acids is 1. The maximum Gasteiger partial charge on any atom is 0.416 e. The number of thioether (sulfide) groups is 1. The minimum atomic E-state index is -4.39. The maximum absolute atomic E-state index is 12.6. The molecule has 0 N–H and O–H groups in total. The van der Waals surface area contributed by atoms with E-state index in [0.29, 0.717) is 22.9 Å². The number of esters is 1. The van der Waals surface area contributed by atoms with Crippen LogP contribution >= 0.6 is 11.8 Å². The monoisotopic (exact) mass is 424 g/mol. The van der Waals surface area contributed by atoms with Crippen LogP contribution in [0.2, 0.25) is 0 Å². The molecule has 0 radical (unpaired) electrons. The average molecular weight is 424 g/mol. The number of halogens is 3. The highest BCUT2D eigenvalue weighted by Gasteiger charge is 2.29. The number of alkyl halides is 3. The Labute approximate surface area is 169 Å². The summed E-state index contributed by atoms with van der Waals surface area (Å²) in [6.07, 6.45) is -1.97. The molecule has 0 bridgehead atoms. The van der Waals surface area contributed by atoms with Crippen LogP contribution in [-0.4, -0.2) is 31.8 Å². The lowest BCUT2D eigenvalue weighted by molar-refractivity contribution is -0.145. The van der Waals surface area contributed by atoms with E-state index in [-0.39, 0.29) is 13.0 Å². The minimum Gasteiger partial charge on any atom is -0.461 e. The third-order valence-electron chi connectivity index (χ3n) is 4.47. The van der Waals surface area contributed by atoms with Crippen molar-refractivity contribution in [2.24, 2.45) is 0 Å². The number of ether oxygens (including phenoxy) is 1. The van der Waals surface area contributed by atoms with E-state index in [2.05, 4.69) is 15.1 Å². The SMILES string of the molecule is CSc1nc2nc(C)c(CCC(=O)OCc3ccc(C(F)(F)F)cc3)c(C)n2n1. The van der Waals surface area contributed by atoms with Gasteiger partial charge in [-0.1, -0.05) is 23.9 Å². The fraction of sp³-hybridized carbons (Fsp3) is 0.368. The van der Waals surface area contributed by atoms with Gasteiger partial charge in [-0.25, -0.2) is 9.50 Å². The molecular formula is C19H19F3N4O2S. The van der Waals surface area contributed by atoms with Crippen molar-refractivity contribution in [1.82, 2.24) is 19.6 Å². The summed E-state index contributed by atoms with van der Waals surface area (Å²) in [6, 6.07) is 4.54. The molecule has 1 aromatic carbocycles. The number of hydrogen-bond donors (Lipinski definition) is 0. The summed E-state index contributed by atoms with van der Waals surface area (Å²) >= 11 is 1.42. The lowest BCUT2D eigenvalue weighted by Gasteiger charge is -2.11. The average Bonchev–Trinajstić information content (AvgIpc) is 3.09. The Balaban J connectivity index is 1.60. The molecule has 0 spiro atoms. The Morgan fingerprint density at radius 1 is 1.17 bits per heavy atom. The summed E-state index contributed by atoms with van der Waals surface area (Å²) in [5, 5.41) is 4.99. The summed E-state index contributed by atoms with van der Waals surface area (Å²) in [7, 11) is 0. The van der Waals surface area contributed by atoms with Crippen molar-refractivity contribution in [3.8, 4) is 0 Å². The maximum atomic E-state index is 12.6. The number of fused-ring (bicyclic) bond motifs is 1. The molecule has 0 atom stereocenters. The van der Waals surface area contributed by atoms with E-state index in [1.54, 1.807) is 4.52 Å². The van der Waals surface area contributed by atoms with E-state index < -0.39 is 17.7 Å². The van der Waals surface area contributed by atoms with E-state index in [9.17, 15) is 18.0 Å². The highest BCUT2D eigenvalue weighted by Crippen LogP contribution is 2.29. The van der Waals surface area contributed by atoms with Crippen LogP contribution in [0.15, 0.2) is 29.4 Å². The number of benzene rings is 1. The number of rotatable bonds is 6. The minimum absolute atomic E-state index is 0.0770. The molecular weight excluding hydrogens is 405 g/mol. The number of nitrogens with zero attached hydrogens (tertiary/aromatic N) is 4. The standard InChI is InChI=1S/C19H19F3N4O2S/c1-11-15(12(2)26-17(23-11)24-18(25-26)29-3)8-9-16(27)28-10-13-4-6-14(7-5-13)19(20,21)22/h4-7H,8-10H2,1-3H3. The second kappa shape index (κ2) is 8.40. The van der Waals surface area contributed by atoms with Crippen molar-refractivity contribution < 1.29 is 22.7 Å². The zero-order chi connectivity index (χ0) is 21.2. The van der Waals surface area contributed by atoms with Gasteiger partial charge in [-0.05, 0) is 49.8 Å². The Morgan fingerprint density at radius 3 is 2.48 bits per heavy atom. The summed E-state index contributed by atoms with van der Waals surface area (Å²) in [5.41, 5.74) is 2.27. The molecule has 0 fully saturated rings. The molecule has 0 saturated heterocycles. The number of aryl methyl sites for hydroxylation is 2. The van der Waals surface area contributed by atoms with Crippen molar-refractivity contribution >= 4 is 23.5 Å². The molecule has 29 heavy (non-hydrogen) atoms. The van der Waals surface area contributed by atoms with E-state index in [1.165, 1.54) is 23.9 Å². The molecule has 0 aliphatic rings. The van der Waals surface area contributed by atoms with Gasteiger partial charge in [-0.3, -0.25) is 4.79 Å². The van der Waals surface area contributed by atoms with E-state index in [4.69, 9.17) is 4.74 Å². The third-order valence-corrected chi connectivity index (χ3v) is 5.01. The van der Waals surface area contributed by atoms with Crippen molar-refractivity contribution in [3.05, 3.63) is 52.3 Å². The molecule has 3 rings (SSSR count). The van der Waals surface area contributed by atoms with Crippen molar-refractivity contribution in [2.75, 3.05) is 6.26 Å². The van der Waals surface area contributed by atoms with Gasteiger partial charge in [0, 0.05) is 17.8 Å². The van der Waals surface area contributed by atoms with Crippen LogP contribution < -0.4 is 0 Å². The van der Waals surface area contributed by atoms with Crippen LogP contribution in [0.4, 0.5) is 13.2 Å². The first kappa shape index (κ1) is 21.1. The number of carbonyl (C=O) groups is 1. The summed E-state index contributed by atoms with van der Waals surface area (Å²) in [4.78, 5) is 20.8. The van der Waals surface area contributed by atoms with Gasteiger partial charge < -0.3 is 4.74 Å². The molecule has 2 heterocycles. The second-order valence-electron chi connectivity index (χ2n) is 6.43. The van der Waals surface area contributed by atoms with Gasteiger partial charge in [0.25, 0.3) is 5.78 Å². The first-order valence-corrected chi connectivity index (χ1v) is 10.00. The molecule has 0 aliphatic carbocycles. The second-order valence-corrected chi connectivity index (χ2v) is 7.20. The van der Waals surface area contributed by atoms with Crippen LogP contribution in [0.25, 0.3) is 5.78 Å². The molecule has 0 aliphatic heterocycles. The van der Waals surface area contributed by atoms with E-state index in [1.807, 2.05) is 20.1 Å². The Bertz CT molecular complexity index is 1030. The molecule has 3 aromatic rings. The summed E-state index contributed by atoms with van der Waals surface area (Å²) in [6.45, 7) is 3.67. The zero-order valence-corrected chi connectivity index (χ0v) is 16.9. The third kappa shape index (κ3) is 4.87. The first-order valence-electron chi connectivity index (χ1n) is 8.77. The highest BCUT2D eigenvalue weighted by atomic mass is 32.2. The molecule has 0 saturated carbocycles. The van der Waals surface area contributed by atoms with Gasteiger partial charge in [-0.2, -0.15) is 18.2 Å². The van der Waals surface area contributed by atoms with Crippen molar-refractivity contribution in [2.45, 2.75) is 44.6 Å².